The zero-order chi connectivity index (χ0) is 24.8. The third-order valence-electron chi connectivity index (χ3n) is 5.58. The van der Waals surface area contributed by atoms with Crippen LogP contribution in [0.3, 0.4) is 0 Å². The molecule has 3 aromatic rings. The van der Waals surface area contributed by atoms with Crippen molar-refractivity contribution in [1.82, 2.24) is 5.32 Å². The summed E-state index contributed by atoms with van der Waals surface area (Å²) in [7, 11) is 0. The Morgan fingerprint density at radius 1 is 0.943 bits per heavy atom. The van der Waals surface area contributed by atoms with Crippen molar-refractivity contribution in [1.29, 1.82) is 0 Å². The second kappa shape index (κ2) is 11.0. The minimum Gasteiger partial charge on any atom is -0.478 e. The number of anilines is 1. The lowest BCUT2D eigenvalue weighted by atomic mass is 9.98. The van der Waals surface area contributed by atoms with E-state index < -0.39 is 18.0 Å². The molecule has 35 heavy (non-hydrogen) atoms. The fourth-order valence-electron chi connectivity index (χ4n) is 4.00. The summed E-state index contributed by atoms with van der Waals surface area (Å²) >= 11 is 5.88. The number of fused-ring (bicyclic) bond motifs is 3. The van der Waals surface area contributed by atoms with Gasteiger partial charge in [0.15, 0.2) is 0 Å². The standard InChI is InChI=1S/C26H23ClN2O6/c27-23-13-16(9-10-21(23)25(31)32)29-24(30)15-34-12-11-28-26(33)35-14-22-19-7-3-1-5-17(19)18-6-2-4-8-20(18)22/h1-10,13,22H,11-12,14-15H2,(H,28,33)(H,29,30)(H,31,32). The lowest BCUT2D eigenvalue weighted by Gasteiger charge is -2.14. The molecule has 0 radical (unpaired) electrons. The molecule has 8 nitrogen and oxygen atoms in total. The molecular formula is C26H23ClN2O6. The molecule has 2 amide bonds. The van der Waals surface area contributed by atoms with Gasteiger partial charge in [0.05, 0.1) is 17.2 Å². The summed E-state index contributed by atoms with van der Waals surface area (Å²) < 4.78 is 10.7. The Bertz CT molecular complexity index is 1220. The number of nitrogens with one attached hydrogen (secondary N) is 2. The molecular weight excluding hydrogens is 472 g/mol. The number of hydrogen-bond acceptors (Lipinski definition) is 5. The summed E-state index contributed by atoms with van der Waals surface area (Å²) in [5.74, 6) is -1.61. The van der Waals surface area contributed by atoms with Crippen LogP contribution in [-0.4, -0.2) is 49.4 Å². The lowest BCUT2D eigenvalue weighted by molar-refractivity contribution is -0.120. The van der Waals surface area contributed by atoms with Gasteiger partial charge in [0.2, 0.25) is 5.91 Å². The Kier molecular flexibility index (Phi) is 7.64. The summed E-state index contributed by atoms with van der Waals surface area (Å²) in [6.07, 6.45) is -0.562. The van der Waals surface area contributed by atoms with E-state index in [1.165, 1.54) is 18.2 Å². The van der Waals surface area contributed by atoms with Gasteiger partial charge < -0.3 is 25.2 Å². The lowest BCUT2D eigenvalue weighted by Crippen LogP contribution is -2.30. The molecule has 0 heterocycles. The van der Waals surface area contributed by atoms with E-state index in [2.05, 4.69) is 34.9 Å². The molecule has 9 heteroatoms. The molecule has 0 aliphatic heterocycles. The molecule has 0 saturated heterocycles. The van der Waals surface area contributed by atoms with Crippen molar-refractivity contribution < 1.29 is 29.0 Å². The quantitative estimate of drug-likeness (QED) is 0.376. The van der Waals surface area contributed by atoms with E-state index in [9.17, 15) is 14.4 Å². The first kappa shape index (κ1) is 24.3. The van der Waals surface area contributed by atoms with Gasteiger partial charge in [0.1, 0.15) is 13.2 Å². The third-order valence-corrected chi connectivity index (χ3v) is 5.89. The number of alkyl carbamates (subject to hydrolysis) is 1. The van der Waals surface area contributed by atoms with Gasteiger partial charge in [-0.3, -0.25) is 4.79 Å². The van der Waals surface area contributed by atoms with Crippen molar-refractivity contribution in [3.05, 3.63) is 88.4 Å². The topological polar surface area (TPSA) is 114 Å². The highest BCUT2D eigenvalue weighted by Crippen LogP contribution is 2.44. The van der Waals surface area contributed by atoms with Crippen LogP contribution in [0.25, 0.3) is 11.1 Å². The number of carboxylic acid groups (broad SMARTS) is 1. The van der Waals surface area contributed by atoms with Crippen LogP contribution in [0.5, 0.6) is 0 Å². The van der Waals surface area contributed by atoms with E-state index in [1.807, 2.05) is 24.3 Å². The first-order valence-electron chi connectivity index (χ1n) is 10.9. The van der Waals surface area contributed by atoms with Gasteiger partial charge >= 0.3 is 12.1 Å². The van der Waals surface area contributed by atoms with Crippen LogP contribution >= 0.6 is 11.6 Å². The average molecular weight is 495 g/mol. The third kappa shape index (κ3) is 5.79. The van der Waals surface area contributed by atoms with Crippen molar-refractivity contribution in [3.8, 4) is 11.1 Å². The van der Waals surface area contributed by atoms with E-state index in [0.29, 0.717) is 5.69 Å². The van der Waals surface area contributed by atoms with Crippen LogP contribution in [0.4, 0.5) is 10.5 Å². The number of carbonyl (C=O) groups is 3. The van der Waals surface area contributed by atoms with Crippen molar-refractivity contribution in [2.45, 2.75) is 5.92 Å². The summed E-state index contributed by atoms with van der Waals surface area (Å²) in [5, 5.41) is 14.2. The summed E-state index contributed by atoms with van der Waals surface area (Å²) in [6, 6.07) is 20.3. The molecule has 0 unspecified atom stereocenters. The largest absolute Gasteiger partial charge is 0.478 e. The summed E-state index contributed by atoms with van der Waals surface area (Å²) in [4.78, 5) is 35.1. The number of carbonyl (C=O) groups excluding carboxylic acids is 2. The molecule has 180 valence electrons. The van der Waals surface area contributed by atoms with Crippen molar-refractivity contribution >= 4 is 35.3 Å². The normalized spacial score (nSPS) is 11.9. The Morgan fingerprint density at radius 3 is 2.23 bits per heavy atom. The van der Waals surface area contributed by atoms with Gasteiger partial charge in [-0.05, 0) is 40.5 Å². The highest BCUT2D eigenvalue weighted by atomic mass is 35.5. The fraction of sp³-hybridized carbons (Fsp3) is 0.192. The first-order valence-corrected chi connectivity index (χ1v) is 11.3. The Labute approximate surface area is 206 Å². The van der Waals surface area contributed by atoms with Crippen molar-refractivity contribution in [3.63, 3.8) is 0 Å². The fourth-order valence-corrected chi connectivity index (χ4v) is 4.26. The first-order chi connectivity index (χ1) is 16.9. The number of ether oxygens (including phenoxy) is 2. The van der Waals surface area contributed by atoms with E-state index in [4.69, 9.17) is 26.2 Å². The average Bonchev–Trinajstić information content (AvgIpc) is 3.16. The highest BCUT2D eigenvalue weighted by molar-refractivity contribution is 6.33. The van der Waals surface area contributed by atoms with Crippen LogP contribution in [0, 0.1) is 0 Å². The number of rotatable bonds is 9. The van der Waals surface area contributed by atoms with E-state index in [0.717, 1.165) is 22.3 Å². The molecule has 0 atom stereocenters. The van der Waals surface area contributed by atoms with Gasteiger partial charge in [0, 0.05) is 18.2 Å². The second-order valence-corrected chi connectivity index (χ2v) is 8.26. The molecule has 0 spiro atoms. The van der Waals surface area contributed by atoms with Crippen LogP contribution in [-0.2, 0) is 14.3 Å². The SMILES string of the molecule is O=C(COCCNC(=O)OCC1c2ccccc2-c2ccccc21)Nc1ccc(C(=O)O)c(Cl)c1. The predicted octanol–water partition coefficient (Wildman–Crippen LogP) is 4.53. The molecule has 0 fully saturated rings. The molecule has 1 aliphatic rings. The van der Waals surface area contributed by atoms with Crippen LogP contribution in [0.2, 0.25) is 5.02 Å². The Morgan fingerprint density at radius 2 is 1.60 bits per heavy atom. The molecule has 0 saturated carbocycles. The molecule has 1 aliphatic carbocycles. The maximum Gasteiger partial charge on any atom is 0.407 e. The van der Waals surface area contributed by atoms with Crippen LogP contribution in [0.15, 0.2) is 66.7 Å². The molecule has 3 aromatic carbocycles. The Hall–Kier alpha value is -3.88. The van der Waals surface area contributed by atoms with Gasteiger partial charge in [-0.15, -0.1) is 0 Å². The van der Waals surface area contributed by atoms with Gasteiger partial charge in [-0.25, -0.2) is 9.59 Å². The second-order valence-electron chi connectivity index (χ2n) is 7.85. The minimum atomic E-state index is -1.15. The van der Waals surface area contributed by atoms with Gasteiger partial charge in [-0.2, -0.15) is 0 Å². The van der Waals surface area contributed by atoms with Crippen molar-refractivity contribution in [2.75, 3.05) is 31.7 Å². The van der Waals surface area contributed by atoms with E-state index in [-0.39, 0.29) is 42.9 Å². The predicted molar refractivity (Wildman–Crippen MR) is 131 cm³/mol. The summed E-state index contributed by atoms with van der Waals surface area (Å²) in [6.45, 7) is 0.246. The number of aromatic carboxylic acids is 1. The minimum absolute atomic E-state index is 0.0171. The zero-order valence-electron chi connectivity index (χ0n) is 18.6. The number of amides is 2. The molecule has 0 bridgehead atoms. The Balaban J connectivity index is 1.17. The number of carboxylic acids is 1. The smallest absolute Gasteiger partial charge is 0.407 e. The number of benzene rings is 3. The monoisotopic (exact) mass is 494 g/mol. The maximum atomic E-state index is 12.1. The zero-order valence-corrected chi connectivity index (χ0v) is 19.4. The van der Waals surface area contributed by atoms with Crippen LogP contribution < -0.4 is 10.6 Å². The molecule has 4 rings (SSSR count). The molecule has 3 N–H and O–H groups in total. The van der Waals surface area contributed by atoms with E-state index >= 15 is 0 Å². The number of halogens is 1. The summed E-state index contributed by atoms with van der Waals surface area (Å²) in [5.41, 5.74) is 4.88. The number of hydrogen-bond donors (Lipinski definition) is 3. The van der Waals surface area contributed by atoms with Gasteiger partial charge in [-0.1, -0.05) is 60.1 Å². The highest BCUT2D eigenvalue weighted by Gasteiger charge is 2.28. The van der Waals surface area contributed by atoms with Crippen molar-refractivity contribution in [2.24, 2.45) is 0 Å². The maximum absolute atomic E-state index is 12.1. The van der Waals surface area contributed by atoms with E-state index in [1.54, 1.807) is 0 Å². The van der Waals surface area contributed by atoms with Gasteiger partial charge in [0.25, 0.3) is 0 Å². The van der Waals surface area contributed by atoms with Crippen LogP contribution in [0.1, 0.15) is 27.4 Å². The molecule has 0 aromatic heterocycles.